The molecule has 6 nitrogen and oxygen atoms in total. The number of para-hydroxylation sites is 1. The predicted octanol–water partition coefficient (Wildman–Crippen LogP) is 3.32. The largest absolute Gasteiger partial charge is 0.452 e. The first-order valence-electron chi connectivity index (χ1n) is 8.00. The lowest BCUT2D eigenvalue weighted by atomic mass is 10.2. The number of rotatable bonds is 7. The highest BCUT2D eigenvalue weighted by atomic mass is 35.5. The molecule has 2 aromatic rings. The fourth-order valence-corrected chi connectivity index (χ4v) is 2.92. The van der Waals surface area contributed by atoms with Crippen LogP contribution in [0.3, 0.4) is 0 Å². The number of esters is 1. The molecule has 0 fully saturated rings. The highest BCUT2D eigenvalue weighted by Gasteiger charge is 2.16. The van der Waals surface area contributed by atoms with Crippen molar-refractivity contribution in [1.82, 2.24) is 4.90 Å². The van der Waals surface area contributed by atoms with Gasteiger partial charge in [-0.3, -0.25) is 9.59 Å². The summed E-state index contributed by atoms with van der Waals surface area (Å²) in [4.78, 5) is 38.3. The fourth-order valence-electron chi connectivity index (χ4n) is 2.18. The Morgan fingerprint density at radius 2 is 1.89 bits per heavy atom. The minimum Gasteiger partial charge on any atom is -0.452 e. The highest BCUT2D eigenvalue weighted by molar-refractivity contribution is 7.98. The van der Waals surface area contributed by atoms with Crippen LogP contribution in [0, 0.1) is 0 Å². The molecule has 0 saturated carbocycles. The first-order chi connectivity index (χ1) is 12.9. The van der Waals surface area contributed by atoms with E-state index in [9.17, 15) is 14.4 Å². The van der Waals surface area contributed by atoms with Gasteiger partial charge in [-0.15, -0.1) is 11.8 Å². The van der Waals surface area contributed by atoms with E-state index >= 15 is 0 Å². The Morgan fingerprint density at radius 1 is 1.15 bits per heavy atom. The number of nitrogens with one attached hydrogen (secondary N) is 1. The zero-order valence-corrected chi connectivity index (χ0v) is 16.5. The maximum atomic E-state index is 12.2. The number of nitrogens with zero attached hydrogens (tertiary/aromatic N) is 1. The maximum Gasteiger partial charge on any atom is 0.338 e. The van der Waals surface area contributed by atoms with Crippen LogP contribution < -0.4 is 5.32 Å². The Balaban J connectivity index is 1.84. The zero-order chi connectivity index (χ0) is 19.8. The lowest BCUT2D eigenvalue weighted by Crippen LogP contribution is -2.37. The van der Waals surface area contributed by atoms with Crippen LogP contribution in [0.2, 0.25) is 5.02 Å². The molecule has 27 heavy (non-hydrogen) atoms. The molecule has 8 heteroatoms. The molecule has 0 saturated heterocycles. The molecule has 0 bridgehead atoms. The van der Waals surface area contributed by atoms with Gasteiger partial charge in [0.25, 0.3) is 5.91 Å². The Bertz CT molecular complexity index is 844. The van der Waals surface area contributed by atoms with Gasteiger partial charge >= 0.3 is 5.97 Å². The molecule has 0 unspecified atom stereocenters. The van der Waals surface area contributed by atoms with Crippen molar-refractivity contribution in [3.8, 4) is 0 Å². The van der Waals surface area contributed by atoms with Crippen LogP contribution in [-0.4, -0.2) is 49.1 Å². The number of halogens is 1. The summed E-state index contributed by atoms with van der Waals surface area (Å²) in [5.41, 5.74) is 0.938. The Hall–Kier alpha value is -2.51. The van der Waals surface area contributed by atoms with E-state index in [0.717, 1.165) is 4.90 Å². The van der Waals surface area contributed by atoms with Crippen LogP contribution in [0.1, 0.15) is 10.4 Å². The van der Waals surface area contributed by atoms with E-state index in [2.05, 4.69) is 5.32 Å². The van der Waals surface area contributed by atoms with Gasteiger partial charge in [-0.2, -0.15) is 0 Å². The minimum absolute atomic E-state index is 0.156. The number of ether oxygens (including phenoxy) is 1. The number of benzene rings is 2. The second kappa shape index (κ2) is 9.99. The Kier molecular flexibility index (Phi) is 7.69. The quantitative estimate of drug-likeness (QED) is 0.564. The van der Waals surface area contributed by atoms with Crippen molar-refractivity contribution >= 4 is 46.8 Å². The summed E-state index contributed by atoms with van der Waals surface area (Å²) in [5, 5.41) is 3.17. The second-order valence-electron chi connectivity index (χ2n) is 5.58. The van der Waals surface area contributed by atoms with Crippen molar-refractivity contribution in [2.45, 2.75) is 4.90 Å². The summed E-state index contributed by atoms with van der Waals surface area (Å²) in [6, 6.07) is 13.6. The fraction of sp³-hybridized carbons (Fsp3) is 0.211. The van der Waals surface area contributed by atoms with Crippen LogP contribution >= 0.6 is 23.4 Å². The van der Waals surface area contributed by atoms with Crippen molar-refractivity contribution in [1.29, 1.82) is 0 Å². The number of amides is 2. The van der Waals surface area contributed by atoms with Crippen LogP contribution in [0.5, 0.6) is 0 Å². The first-order valence-corrected chi connectivity index (χ1v) is 9.60. The normalized spacial score (nSPS) is 10.2. The molecule has 2 rings (SSSR count). The summed E-state index contributed by atoms with van der Waals surface area (Å²) in [6.45, 7) is -0.618. The molecule has 0 radical (unpaired) electrons. The van der Waals surface area contributed by atoms with Crippen LogP contribution in [-0.2, 0) is 14.3 Å². The molecular weight excluding hydrogens is 388 g/mol. The number of anilines is 1. The highest BCUT2D eigenvalue weighted by Crippen LogP contribution is 2.24. The van der Waals surface area contributed by atoms with Gasteiger partial charge in [0.05, 0.1) is 17.8 Å². The van der Waals surface area contributed by atoms with Crippen molar-refractivity contribution in [3.63, 3.8) is 0 Å². The zero-order valence-electron chi connectivity index (χ0n) is 14.9. The van der Waals surface area contributed by atoms with Gasteiger partial charge in [-0.05, 0) is 36.6 Å². The van der Waals surface area contributed by atoms with E-state index < -0.39 is 18.5 Å². The van der Waals surface area contributed by atoms with Gasteiger partial charge in [0, 0.05) is 17.0 Å². The van der Waals surface area contributed by atoms with Gasteiger partial charge in [-0.1, -0.05) is 29.8 Å². The molecule has 0 aliphatic carbocycles. The number of thioether (sulfide) groups is 1. The molecule has 1 N–H and O–H groups in total. The topological polar surface area (TPSA) is 75.7 Å². The van der Waals surface area contributed by atoms with Gasteiger partial charge in [0.2, 0.25) is 5.91 Å². The lowest BCUT2D eigenvalue weighted by Gasteiger charge is -2.17. The van der Waals surface area contributed by atoms with Gasteiger partial charge < -0.3 is 15.0 Å². The van der Waals surface area contributed by atoms with E-state index in [4.69, 9.17) is 16.3 Å². The second-order valence-corrected chi connectivity index (χ2v) is 6.87. The van der Waals surface area contributed by atoms with Crippen LogP contribution in [0.15, 0.2) is 53.4 Å². The van der Waals surface area contributed by atoms with Gasteiger partial charge in [0.15, 0.2) is 6.61 Å². The monoisotopic (exact) mass is 406 g/mol. The molecule has 142 valence electrons. The number of carbonyl (C=O) groups is 3. The van der Waals surface area contributed by atoms with Crippen molar-refractivity contribution in [3.05, 3.63) is 59.1 Å². The summed E-state index contributed by atoms with van der Waals surface area (Å²) < 4.78 is 4.98. The molecule has 2 amide bonds. The SMILES string of the molecule is CSc1ccccc1NC(=O)CN(C)C(=O)COC(=O)c1cccc(Cl)c1. The molecule has 0 atom stereocenters. The van der Waals surface area contributed by atoms with E-state index in [1.54, 1.807) is 24.3 Å². The smallest absolute Gasteiger partial charge is 0.338 e. The van der Waals surface area contributed by atoms with Crippen molar-refractivity contribution < 1.29 is 19.1 Å². The lowest BCUT2D eigenvalue weighted by molar-refractivity contribution is -0.136. The average molecular weight is 407 g/mol. The molecule has 0 aromatic heterocycles. The van der Waals surface area contributed by atoms with Gasteiger partial charge in [-0.25, -0.2) is 4.79 Å². The van der Waals surface area contributed by atoms with E-state index in [0.29, 0.717) is 10.7 Å². The maximum absolute atomic E-state index is 12.2. The standard InChI is InChI=1S/C19H19ClN2O4S/c1-22(11-17(23)21-15-8-3-4-9-16(15)27-2)18(24)12-26-19(25)13-6-5-7-14(20)10-13/h3-10H,11-12H2,1-2H3,(H,21,23). The number of likely N-dealkylation sites (N-methyl/N-ethyl adjacent to an activating group) is 1. The first kappa shape index (κ1) is 20.8. The van der Waals surface area contributed by atoms with Gasteiger partial charge in [0.1, 0.15) is 0 Å². The molecular formula is C19H19ClN2O4S. The minimum atomic E-state index is -0.655. The summed E-state index contributed by atoms with van der Waals surface area (Å²) in [5.74, 6) is -1.48. The number of hydrogen-bond donors (Lipinski definition) is 1. The van der Waals surface area contributed by atoms with Crippen LogP contribution in [0.4, 0.5) is 5.69 Å². The Morgan fingerprint density at radius 3 is 2.59 bits per heavy atom. The Labute approximate surface area is 166 Å². The molecule has 0 aliphatic heterocycles. The summed E-state index contributed by atoms with van der Waals surface area (Å²) in [7, 11) is 1.47. The third-order valence-corrected chi connectivity index (χ3v) is 4.61. The van der Waals surface area contributed by atoms with E-state index in [-0.39, 0.29) is 18.0 Å². The molecule has 0 aliphatic rings. The summed E-state index contributed by atoms with van der Waals surface area (Å²) in [6.07, 6.45) is 1.91. The molecule has 0 heterocycles. The third-order valence-electron chi connectivity index (χ3n) is 3.57. The predicted molar refractivity (Wildman–Crippen MR) is 106 cm³/mol. The van der Waals surface area contributed by atoms with E-state index in [1.807, 2.05) is 24.5 Å². The average Bonchev–Trinajstić information content (AvgIpc) is 2.66. The van der Waals surface area contributed by atoms with Crippen LogP contribution in [0.25, 0.3) is 0 Å². The summed E-state index contributed by atoms with van der Waals surface area (Å²) >= 11 is 7.33. The number of hydrogen-bond acceptors (Lipinski definition) is 5. The number of carbonyl (C=O) groups excluding carboxylic acids is 3. The third kappa shape index (κ3) is 6.30. The molecule has 0 spiro atoms. The molecule has 2 aromatic carbocycles. The van der Waals surface area contributed by atoms with Crippen molar-refractivity contribution in [2.75, 3.05) is 31.8 Å². The van der Waals surface area contributed by atoms with E-state index in [1.165, 1.54) is 29.8 Å². The van der Waals surface area contributed by atoms with Crippen molar-refractivity contribution in [2.24, 2.45) is 0 Å².